The molecule has 1 fully saturated rings. The van der Waals surface area contributed by atoms with Gasteiger partial charge in [-0.3, -0.25) is 9.59 Å². The third kappa shape index (κ3) is 4.55. The van der Waals surface area contributed by atoms with Crippen LogP contribution < -0.4 is 5.32 Å². The number of piperidine rings is 1. The normalized spacial score (nSPS) is 19.5. The number of hydrogen-bond acceptors (Lipinski definition) is 3. The molecule has 0 spiro atoms. The number of benzene rings is 1. The second kappa shape index (κ2) is 7.59. The van der Waals surface area contributed by atoms with Crippen molar-refractivity contribution in [1.29, 1.82) is 0 Å². The van der Waals surface area contributed by atoms with Crippen LogP contribution in [0.15, 0.2) is 24.3 Å². The molecule has 2 atom stereocenters. The highest BCUT2D eigenvalue weighted by molar-refractivity contribution is 6.39. The first-order chi connectivity index (χ1) is 10.9. The summed E-state index contributed by atoms with van der Waals surface area (Å²) in [6.07, 6.45) is 1.24. The number of carbonyl (C=O) groups excluding carboxylic acids is 2. The second-order valence-corrected chi connectivity index (χ2v) is 6.62. The third-order valence-electron chi connectivity index (χ3n) is 4.46. The number of nitrogens with one attached hydrogen (secondary N) is 1. The van der Waals surface area contributed by atoms with Gasteiger partial charge in [0.2, 0.25) is 0 Å². The first-order valence-corrected chi connectivity index (χ1v) is 8.26. The smallest absolute Gasteiger partial charge is 0.313 e. The lowest BCUT2D eigenvalue weighted by atomic mass is 9.93. The fraction of sp³-hybridized carbons (Fsp3) is 0.556. The summed E-state index contributed by atoms with van der Waals surface area (Å²) in [6.45, 7) is 6.95. The highest BCUT2D eigenvalue weighted by Gasteiger charge is 2.29. The monoisotopic (exact) mass is 318 g/mol. The topological polar surface area (TPSA) is 69.6 Å². The van der Waals surface area contributed by atoms with Crippen molar-refractivity contribution in [2.45, 2.75) is 45.6 Å². The van der Waals surface area contributed by atoms with Crippen LogP contribution in [0.5, 0.6) is 0 Å². The van der Waals surface area contributed by atoms with Crippen LogP contribution in [0.2, 0.25) is 0 Å². The van der Waals surface area contributed by atoms with E-state index in [-0.39, 0.29) is 5.92 Å². The molecule has 5 heteroatoms. The molecule has 0 aliphatic carbocycles. The Kier molecular flexibility index (Phi) is 5.77. The lowest BCUT2D eigenvalue weighted by Crippen LogP contribution is -2.47. The van der Waals surface area contributed by atoms with E-state index >= 15 is 0 Å². The molecule has 2 N–H and O–H groups in total. The van der Waals surface area contributed by atoms with Gasteiger partial charge in [0, 0.05) is 24.7 Å². The molecule has 1 saturated heterocycles. The third-order valence-corrected chi connectivity index (χ3v) is 4.46. The molecule has 0 saturated carbocycles. The lowest BCUT2D eigenvalue weighted by Gasteiger charge is -2.33. The van der Waals surface area contributed by atoms with Crippen LogP contribution in [0, 0.1) is 5.92 Å². The maximum atomic E-state index is 12.3. The molecular formula is C18H26N2O3. The molecule has 2 rings (SSSR count). The van der Waals surface area contributed by atoms with E-state index in [1.54, 1.807) is 11.8 Å². The van der Waals surface area contributed by atoms with Crippen LogP contribution in [-0.4, -0.2) is 41.0 Å². The van der Waals surface area contributed by atoms with Crippen LogP contribution in [0.25, 0.3) is 0 Å². The predicted molar refractivity (Wildman–Crippen MR) is 90.1 cm³/mol. The van der Waals surface area contributed by atoms with E-state index in [9.17, 15) is 14.7 Å². The van der Waals surface area contributed by atoms with Crippen molar-refractivity contribution in [3.8, 4) is 0 Å². The highest BCUT2D eigenvalue weighted by Crippen LogP contribution is 2.20. The number of amides is 2. The number of anilines is 1. The predicted octanol–water partition coefficient (Wildman–Crippen LogP) is 2.37. The molecule has 1 aliphatic rings. The Balaban J connectivity index is 1.95. The molecule has 1 aromatic rings. The molecule has 126 valence electrons. The first-order valence-electron chi connectivity index (χ1n) is 8.26. The molecule has 2 unspecified atom stereocenters. The molecule has 1 aromatic carbocycles. The summed E-state index contributed by atoms with van der Waals surface area (Å²) in [5.74, 6) is -0.671. The van der Waals surface area contributed by atoms with E-state index in [0.29, 0.717) is 24.7 Å². The largest absolute Gasteiger partial charge is 0.393 e. The first kappa shape index (κ1) is 17.5. The maximum absolute atomic E-state index is 12.3. The van der Waals surface area contributed by atoms with Gasteiger partial charge in [0.25, 0.3) is 0 Å². The molecule has 0 aromatic heterocycles. The van der Waals surface area contributed by atoms with Crippen molar-refractivity contribution in [1.82, 2.24) is 4.90 Å². The zero-order valence-corrected chi connectivity index (χ0v) is 14.1. The Bertz CT molecular complexity index is 552. The van der Waals surface area contributed by atoms with Crippen molar-refractivity contribution < 1.29 is 14.7 Å². The van der Waals surface area contributed by atoms with Gasteiger partial charge in [-0.2, -0.15) is 0 Å². The Morgan fingerprint density at radius 3 is 2.43 bits per heavy atom. The number of likely N-dealkylation sites (tertiary alicyclic amines) is 1. The molecule has 23 heavy (non-hydrogen) atoms. The molecule has 0 radical (unpaired) electrons. The van der Waals surface area contributed by atoms with Crippen molar-refractivity contribution in [3.63, 3.8) is 0 Å². The van der Waals surface area contributed by atoms with Gasteiger partial charge in [-0.05, 0) is 43.4 Å². The van der Waals surface area contributed by atoms with Gasteiger partial charge in [0.05, 0.1) is 6.10 Å². The summed E-state index contributed by atoms with van der Waals surface area (Å²) in [6, 6.07) is 7.54. The minimum absolute atomic E-state index is 0.0471. The molecule has 1 aliphatic heterocycles. The van der Waals surface area contributed by atoms with E-state index < -0.39 is 17.9 Å². The van der Waals surface area contributed by atoms with Gasteiger partial charge in [-0.15, -0.1) is 0 Å². The Morgan fingerprint density at radius 2 is 1.87 bits per heavy atom. The molecule has 5 nitrogen and oxygen atoms in total. The van der Waals surface area contributed by atoms with Crippen LogP contribution in [0.3, 0.4) is 0 Å². The number of aliphatic hydroxyl groups excluding tert-OH is 1. The molecule has 2 amide bonds. The number of nitrogens with zero attached hydrogens (tertiary/aromatic N) is 1. The Hall–Kier alpha value is -1.88. The lowest BCUT2D eigenvalue weighted by molar-refractivity contribution is -0.144. The van der Waals surface area contributed by atoms with Gasteiger partial charge in [0.15, 0.2) is 0 Å². The SMILES string of the molecule is CC(C)c1ccc(NC(=O)C(=O)N2CCCC(C(C)O)C2)cc1. The van der Waals surface area contributed by atoms with Crippen LogP contribution in [0.1, 0.15) is 45.1 Å². The van der Waals surface area contributed by atoms with Gasteiger partial charge >= 0.3 is 11.8 Å². The summed E-state index contributed by atoms with van der Waals surface area (Å²) >= 11 is 0. The van der Waals surface area contributed by atoms with E-state index in [1.165, 1.54) is 5.56 Å². The average molecular weight is 318 g/mol. The number of rotatable bonds is 3. The van der Waals surface area contributed by atoms with E-state index in [0.717, 1.165) is 12.8 Å². The van der Waals surface area contributed by atoms with E-state index in [1.807, 2.05) is 24.3 Å². The zero-order chi connectivity index (χ0) is 17.0. The van der Waals surface area contributed by atoms with Gasteiger partial charge in [0.1, 0.15) is 0 Å². The van der Waals surface area contributed by atoms with Gasteiger partial charge in [-0.25, -0.2) is 0 Å². The zero-order valence-electron chi connectivity index (χ0n) is 14.1. The second-order valence-electron chi connectivity index (χ2n) is 6.62. The highest BCUT2D eigenvalue weighted by atomic mass is 16.3. The summed E-state index contributed by atoms with van der Waals surface area (Å²) in [5.41, 5.74) is 1.81. The van der Waals surface area contributed by atoms with Gasteiger partial charge < -0.3 is 15.3 Å². The number of hydrogen-bond donors (Lipinski definition) is 2. The van der Waals surface area contributed by atoms with E-state index in [4.69, 9.17) is 0 Å². The minimum atomic E-state index is -0.617. The number of carbonyl (C=O) groups is 2. The Morgan fingerprint density at radius 1 is 1.22 bits per heavy atom. The maximum Gasteiger partial charge on any atom is 0.313 e. The van der Waals surface area contributed by atoms with Crippen molar-refractivity contribution in [3.05, 3.63) is 29.8 Å². The van der Waals surface area contributed by atoms with Crippen molar-refractivity contribution in [2.24, 2.45) is 5.92 Å². The summed E-state index contributed by atoms with van der Waals surface area (Å²) < 4.78 is 0. The van der Waals surface area contributed by atoms with Crippen LogP contribution >= 0.6 is 0 Å². The van der Waals surface area contributed by atoms with Crippen LogP contribution in [0.4, 0.5) is 5.69 Å². The van der Waals surface area contributed by atoms with E-state index in [2.05, 4.69) is 19.2 Å². The Labute approximate surface area is 137 Å². The summed E-state index contributed by atoms with van der Waals surface area (Å²) in [4.78, 5) is 26.0. The summed E-state index contributed by atoms with van der Waals surface area (Å²) in [5, 5.41) is 12.3. The summed E-state index contributed by atoms with van der Waals surface area (Å²) in [7, 11) is 0. The molecule has 0 bridgehead atoms. The number of aliphatic hydroxyl groups is 1. The minimum Gasteiger partial charge on any atom is -0.393 e. The fourth-order valence-corrected chi connectivity index (χ4v) is 2.87. The molecule has 1 heterocycles. The quantitative estimate of drug-likeness (QED) is 0.841. The molecular weight excluding hydrogens is 292 g/mol. The van der Waals surface area contributed by atoms with Crippen molar-refractivity contribution >= 4 is 17.5 Å². The van der Waals surface area contributed by atoms with Crippen LogP contribution in [-0.2, 0) is 9.59 Å². The van der Waals surface area contributed by atoms with Gasteiger partial charge in [-0.1, -0.05) is 26.0 Å². The standard InChI is InChI=1S/C18H26N2O3/c1-12(2)14-6-8-16(9-7-14)19-17(22)18(23)20-10-4-5-15(11-20)13(3)21/h6-9,12-13,15,21H,4-5,10-11H2,1-3H3,(H,19,22). The fourth-order valence-electron chi connectivity index (χ4n) is 2.87. The van der Waals surface area contributed by atoms with Crippen molar-refractivity contribution in [2.75, 3.05) is 18.4 Å². The average Bonchev–Trinajstić information content (AvgIpc) is 2.54.